The van der Waals surface area contributed by atoms with Crippen molar-refractivity contribution in [2.45, 2.75) is 6.18 Å². The zero-order chi connectivity index (χ0) is 18.1. The van der Waals surface area contributed by atoms with Gasteiger partial charge in [-0.05, 0) is 12.1 Å². The minimum Gasteiger partial charge on any atom is -0.508 e. The van der Waals surface area contributed by atoms with Crippen molar-refractivity contribution < 1.29 is 28.1 Å². The maximum Gasteiger partial charge on any atom is 0.416 e. The molecular formula is C13H8F3N3O5. The number of hydrogen-bond donors (Lipinski definition) is 2. The van der Waals surface area contributed by atoms with Crippen LogP contribution >= 0.6 is 0 Å². The van der Waals surface area contributed by atoms with E-state index in [0.29, 0.717) is 0 Å². The number of rotatable bonds is 4. The predicted molar refractivity (Wildman–Crippen MR) is 76.1 cm³/mol. The number of halogens is 3. The Morgan fingerprint density at radius 3 is 1.96 bits per heavy atom. The van der Waals surface area contributed by atoms with Gasteiger partial charge in [0.1, 0.15) is 5.75 Å². The van der Waals surface area contributed by atoms with Crippen molar-refractivity contribution in [3.05, 3.63) is 62.2 Å². The van der Waals surface area contributed by atoms with Crippen LogP contribution in [0.2, 0.25) is 0 Å². The fraction of sp³-hybridized carbons (Fsp3) is 0.0769. The zero-order valence-corrected chi connectivity index (χ0v) is 11.6. The van der Waals surface area contributed by atoms with Crippen molar-refractivity contribution in [2.24, 2.45) is 0 Å². The highest BCUT2D eigenvalue weighted by molar-refractivity contribution is 5.80. The van der Waals surface area contributed by atoms with Gasteiger partial charge in [0.05, 0.1) is 15.4 Å². The normalized spacial score (nSPS) is 11.1. The molecule has 0 aliphatic heterocycles. The molecule has 0 spiro atoms. The van der Waals surface area contributed by atoms with E-state index < -0.39 is 38.6 Å². The Bertz CT molecular complexity index is 788. The molecule has 0 saturated carbocycles. The first-order valence-electron chi connectivity index (χ1n) is 6.19. The smallest absolute Gasteiger partial charge is 0.416 e. The minimum atomic E-state index is -4.99. The van der Waals surface area contributed by atoms with E-state index in [4.69, 9.17) is 0 Å². The third kappa shape index (κ3) is 3.51. The van der Waals surface area contributed by atoms with Crippen LogP contribution in [0.4, 0.5) is 35.9 Å². The second kappa shape index (κ2) is 6.02. The summed E-state index contributed by atoms with van der Waals surface area (Å²) in [6.45, 7) is 0. The number of nitrogens with zero attached hydrogens (tertiary/aromatic N) is 2. The molecule has 2 rings (SSSR count). The molecule has 2 N–H and O–H groups in total. The molecule has 24 heavy (non-hydrogen) atoms. The van der Waals surface area contributed by atoms with Crippen molar-refractivity contribution >= 4 is 22.7 Å². The van der Waals surface area contributed by atoms with Crippen molar-refractivity contribution in [1.82, 2.24) is 0 Å². The van der Waals surface area contributed by atoms with Crippen LogP contribution in [0, 0.1) is 20.2 Å². The van der Waals surface area contributed by atoms with Gasteiger partial charge in [-0.1, -0.05) is 6.07 Å². The molecule has 0 aliphatic carbocycles. The van der Waals surface area contributed by atoms with Crippen molar-refractivity contribution in [2.75, 3.05) is 5.32 Å². The summed E-state index contributed by atoms with van der Waals surface area (Å²) in [5.41, 5.74) is -4.42. The Balaban J connectivity index is 2.68. The van der Waals surface area contributed by atoms with E-state index in [-0.39, 0.29) is 23.6 Å². The number of phenolic OH excluding ortho intramolecular Hbond substituents is 1. The summed E-state index contributed by atoms with van der Waals surface area (Å²) in [5.74, 6) is -0.239. The molecule has 0 heterocycles. The van der Waals surface area contributed by atoms with Gasteiger partial charge in [0.25, 0.3) is 11.4 Å². The average molecular weight is 343 g/mol. The number of benzene rings is 2. The van der Waals surface area contributed by atoms with Gasteiger partial charge in [-0.3, -0.25) is 20.2 Å². The number of alkyl halides is 3. The van der Waals surface area contributed by atoms with Crippen LogP contribution in [0.1, 0.15) is 5.56 Å². The highest BCUT2D eigenvalue weighted by Gasteiger charge is 2.37. The number of nitrogens with one attached hydrogen (secondary N) is 1. The molecule has 2 aromatic rings. The predicted octanol–water partition coefficient (Wildman–Crippen LogP) is 3.97. The SMILES string of the molecule is O=[N+]([O-])c1cc(C(F)(F)F)cc([N+](=O)[O-])c1Nc1cccc(O)c1. The molecule has 2 aromatic carbocycles. The minimum absolute atomic E-state index is 0.0287. The number of anilines is 2. The number of phenols is 1. The molecule has 0 radical (unpaired) electrons. The molecule has 0 unspecified atom stereocenters. The van der Waals surface area contributed by atoms with E-state index in [1.807, 2.05) is 0 Å². The first kappa shape index (κ1) is 17.0. The van der Waals surface area contributed by atoms with Gasteiger partial charge in [0.2, 0.25) is 0 Å². The largest absolute Gasteiger partial charge is 0.508 e. The molecule has 0 aliphatic rings. The zero-order valence-electron chi connectivity index (χ0n) is 11.6. The summed E-state index contributed by atoms with van der Waals surface area (Å²) in [5, 5.41) is 33.8. The van der Waals surface area contributed by atoms with Gasteiger partial charge in [0, 0.05) is 23.9 Å². The Hall–Kier alpha value is -3.37. The lowest BCUT2D eigenvalue weighted by molar-refractivity contribution is -0.392. The summed E-state index contributed by atoms with van der Waals surface area (Å²) >= 11 is 0. The summed E-state index contributed by atoms with van der Waals surface area (Å²) in [6, 6.07) is 5.46. The monoisotopic (exact) mass is 343 g/mol. The summed E-state index contributed by atoms with van der Waals surface area (Å²) in [6.07, 6.45) is -4.99. The highest BCUT2D eigenvalue weighted by Crippen LogP contribution is 2.42. The van der Waals surface area contributed by atoms with Crippen LogP contribution < -0.4 is 5.32 Å². The number of hydrogen-bond acceptors (Lipinski definition) is 6. The molecule has 0 amide bonds. The lowest BCUT2D eigenvalue weighted by Crippen LogP contribution is -2.09. The number of nitro benzene ring substituents is 2. The highest BCUT2D eigenvalue weighted by atomic mass is 19.4. The van der Waals surface area contributed by atoms with Crippen LogP contribution in [-0.2, 0) is 6.18 Å². The van der Waals surface area contributed by atoms with Crippen LogP contribution in [0.3, 0.4) is 0 Å². The molecule has 126 valence electrons. The van der Waals surface area contributed by atoms with Gasteiger partial charge >= 0.3 is 6.18 Å². The fourth-order valence-electron chi connectivity index (χ4n) is 1.92. The van der Waals surface area contributed by atoms with Gasteiger partial charge in [-0.25, -0.2) is 0 Å². The van der Waals surface area contributed by atoms with Crippen molar-refractivity contribution in [1.29, 1.82) is 0 Å². The Labute approximate surface area is 131 Å². The average Bonchev–Trinajstić information content (AvgIpc) is 2.45. The second-order valence-corrected chi connectivity index (χ2v) is 4.58. The van der Waals surface area contributed by atoms with Crippen LogP contribution in [0.5, 0.6) is 5.75 Å². The summed E-state index contributed by atoms with van der Waals surface area (Å²) in [4.78, 5) is 19.8. The Morgan fingerprint density at radius 1 is 1.00 bits per heavy atom. The van der Waals surface area contributed by atoms with E-state index >= 15 is 0 Å². The summed E-state index contributed by atoms with van der Waals surface area (Å²) in [7, 11) is 0. The number of aromatic hydroxyl groups is 1. The third-order valence-electron chi connectivity index (χ3n) is 2.93. The van der Waals surface area contributed by atoms with E-state index in [2.05, 4.69) is 5.32 Å². The summed E-state index contributed by atoms with van der Waals surface area (Å²) < 4.78 is 38.4. The second-order valence-electron chi connectivity index (χ2n) is 4.58. The number of nitro groups is 2. The van der Waals surface area contributed by atoms with Crippen LogP contribution in [0.25, 0.3) is 0 Å². The fourth-order valence-corrected chi connectivity index (χ4v) is 1.92. The first-order valence-corrected chi connectivity index (χ1v) is 6.19. The maximum atomic E-state index is 12.8. The Morgan fingerprint density at radius 2 is 1.54 bits per heavy atom. The maximum absolute atomic E-state index is 12.8. The van der Waals surface area contributed by atoms with E-state index in [0.717, 1.165) is 6.07 Å². The topological polar surface area (TPSA) is 119 Å². The van der Waals surface area contributed by atoms with E-state index in [1.54, 1.807) is 0 Å². The Kier molecular flexibility index (Phi) is 4.26. The molecule has 0 saturated heterocycles. The molecule has 11 heteroatoms. The van der Waals surface area contributed by atoms with E-state index in [1.165, 1.54) is 18.2 Å². The van der Waals surface area contributed by atoms with Gasteiger partial charge in [-0.2, -0.15) is 13.2 Å². The molecule has 0 bridgehead atoms. The molecule has 0 aromatic heterocycles. The lowest BCUT2D eigenvalue weighted by Gasteiger charge is -2.11. The quantitative estimate of drug-likeness (QED) is 0.640. The lowest BCUT2D eigenvalue weighted by atomic mass is 10.1. The van der Waals surface area contributed by atoms with Crippen molar-refractivity contribution in [3.63, 3.8) is 0 Å². The molecular weight excluding hydrogens is 335 g/mol. The van der Waals surface area contributed by atoms with Crippen LogP contribution in [-0.4, -0.2) is 15.0 Å². The first-order chi connectivity index (χ1) is 11.1. The van der Waals surface area contributed by atoms with Crippen molar-refractivity contribution in [3.8, 4) is 5.75 Å². The standard InChI is InChI=1S/C13H8F3N3O5/c14-13(15,16)7-4-10(18(21)22)12(11(5-7)19(23)24)17-8-2-1-3-9(20)6-8/h1-6,17,20H. The molecule has 8 nitrogen and oxygen atoms in total. The van der Waals surface area contributed by atoms with E-state index in [9.17, 15) is 38.5 Å². The molecule has 0 atom stereocenters. The molecule has 0 fully saturated rings. The van der Waals surface area contributed by atoms with Gasteiger partial charge in [-0.15, -0.1) is 0 Å². The van der Waals surface area contributed by atoms with Crippen LogP contribution in [0.15, 0.2) is 36.4 Å². The van der Waals surface area contributed by atoms with Gasteiger partial charge in [0.15, 0.2) is 5.69 Å². The third-order valence-corrected chi connectivity index (χ3v) is 2.93. The van der Waals surface area contributed by atoms with Gasteiger partial charge < -0.3 is 10.4 Å².